The zero-order valence-electron chi connectivity index (χ0n) is 14.3. The largest absolute Gasteiger partial charge is 0.339 e. The molecule has 4 rings (SSSR count). The van der Waals surface area contributed by atoms with E-state index >= 15 is 0 Å². The summed E-state index contributed by atoms with van der Waals surface area (Å²) in [5.41, 5.74) is 1.19. The van der Waals surface area contributed by atoms with Crippen molar-refractivity contribution in [2.75, 3.05) is 0 Å². The van der Waals surface area contributed by atoms with Crippen LogP contribution in [0.4, 0.5) is 4.39 Å². The Hall–Kier alpha value is -3.03. The maximum Gasteiger partial charge on any atom is 0.270 e. The van der Waals surface area contributed by atoms with Crippen LogP contribution in [0.25, 0.3) is 11.4 Å². The van der Waals surface area contributed by atoms with Crippen LogP contribution in [0.15, 0.2) is 35.0 Å². The number of halogens is 1. The smallest absolute Gasteiger partial charge is 0.270 e. The second kappa shape index (κ2) is 6.70. The number of hydrogen-bond donors (Lipinski definition) is 1. The molecule has 0 radical (unpaired) electrons. The molecule has 0 aliphatic carbocycles. The summed E-state index contributed by atoms with van der Waals surface area (Å²) >= 11 is 0. The van der Waals surface area contributed by atoms with Gasteiger partial charge in [0, 0.05) is 18.5 Å². The Morgan fingerprint density at radius 1 is 1.31 bits per heavy atom. The third-order valence-corrected chi connectivity index (χ3v) is 4.47. The average Bonchev–Trinajstić information content (AvgIpc) is 3.30. The van der Waals surface area contributed by atoms with Crippen LogP contribution in [0.3, 0.4) is 0 Å². The maximum absolute atomic E-state index is 13.0. The highest BCUT2D eigenvalue weighted by Gasteiger charge is 2.22. The number of imidazole rings is 1. The Kier molecular flexibility index (Phi) is 4.24. The van der Waals surface area contributed by atoms with Crippen LogP contribution in [0, 0.1) is 5.82 Å². The van der Waals surface area contributed by atoms with Crippen molar-refractivity contribution >= 4 is 5.91 Å². The quantitative estimate of drug-likeness (QED) is 0.778. The standard InChI is InChI=1S/C18H18FN5O2/c1-11(18-22-16(23-26-18)12-5-7-13(19)8-6-12)21-17(25)14-10-20-15-4-2-3-9-24(14)15/h5-8,10-11H,2-4,9H2,1H3,(H,21,25)/t11-/m1/s1. The van der Waals surface area contributed by atoms with Crippen molar-refractivity contribution in [1.29, 1.82) is 0 Å². The molecular weight excluding hydrogens is 337 g/mol. The predicted octanol–water partition coefficient (Wildman–Crippen LogP) is 2.90. The van der Waals surface area contributed by atoms with E-state index in [1.165, 1.54) is 12.1 Å². The number of amides is 1. The van der Waals surface area contributed by atoms with Gasteiger partial charge in [-0.05, 0) is 44.0 Å². The van der Waals surface area contributed by atoms with Crippen molar-refractivity contribution in [2.24, 2.45) is 0 Å². The van der Waals surface area contributed by atoms with E-state index < -0.39 is 6.04 Å². The molecule has 0 spiro atoms. The molecule has 0 bridgehead atoms. The van der Waals surface area contributed by atoms with Crippen molar-refractivity contribution in [3.8, 4) is 11.4 Å². The van der Waals surface area contributed by atoms with Crippen LogP contribution < -0.4 is 5.32 Å². The monoisotopic (exact) mass is 355 g/mol. The number of aromatic nitrogens is 4. The van der Waals surface area contributed by atoms with Gasteiger partial charge < -0.3 is 14.4 Å². The molecule has 3 heterocycles. The third kappa shape index (κ3) is 3.10. The van der Waals surface area contributed by atoms with E-state index in [9.17, 15) is 9.18 Å². The molecule has 134 valence electrons. The first-order valence-corrected chi connectivity index (χ1v) is 8.56. The van der Waals surface area contributed by atoms with E-state index in [4.69, 9.17) is 4.52 Å². The minimum absolute atomic E-state index is 0.223. The van der Waals surface area contributed by atoms with Gasteiger partial charge in [0.2, 0.25) is 11.7 Å². The lowest BCUT2D eigenvalue weighted by Gasteiger charge is -2.16. The van der Waals surface area contributed by atoms with Crippen LogP contribution in [0.2, 0.25) is 0 Å². The Morgan fingerprint density at radius 3 is 2.92 bits per heavy atom. The first kappa shape index (κ1) is 16.4. The molecule has 8 heteroatoms. The summed E-state index contributed by atoms with van der Waals surface area (Å²) in [7, 11) is 0. The van der Waals surface area contributed by atoms with Crippen molar-refractivity contribution in [2.45, 2.75) is 38.8 Å². The molecule has 1 aromatic carbocycles. The Labute approximate surface area is 149 Å². The fourth-order valence-electron chi connectivity index (χ4n) is 3.06. The summed E-state index contributed by atoms with van der Waals surface area (Å²) in [5, 5.41) is 6.77. The van der Waals surface area contributed by atoms with Crippen LogP contribution in [0.5, 0.6) is 0 Å². The van der Waals surface area contributed by atoms with Gasteiger partial charge in [0.15, 0.2) is 0 Å². The summed E-state index contributed by atoms with van der Waals surface area (Å²) < 4.78 is 20.2. The van der Waals surface area contributed by atoms with Crippen LogP contribution in [-0.2, 0) is 13.0 Å². The number of hydrogen-bond acceptors (Lipinski definition) is 5. The molecule has 1 aliphatic heterocycles. The van der Waals surface area contributed by atoms with Gasteiger partial charge in [0.05, 0.1) is 6.20 Å². The number of carbonyl (C=O) groups excluding carboxylic acids is 1. The molecule has 1 aliphatic rings. The highest BCUT2D eigenvalue weighted by molar-refractivity contribution is 5.92. The first-order chi connectivity index (χ1) is 12.6. The van der Waals surface area contributed by atoms with Crippen molar-refractivity contribution in [3.05, 3.63) is 53.7 Å². The highest BCUT2D eigenvalue weighted by Crippen LogP contribution is 2.20. The molecule has 0 fully saturated rings. The number of rotatable bonds is 4. The molecule has 0 saturated carbocycles. The molecule has 0 unspecified atom stereocenters. The topological polar surface area (TPSA) is 85.8 Å². The fourth-order valence-corrected chi connectivity index (χ4v) is 3.06. The molecule has 1 atom stereocenters. The second-order valence-corrected chi connectivity index (χ2v) is 6.33. The fraction of sp³-hybridized carbons (Fsp3) is 0.333. The minimum atomic E-state index is -0.459. The zero-order chi connectivity index (χ0) is 18.1. The predicted molar refractivity (Wildman–Crippen MR) is 90.7 cm³/mol. The minimum Gasteiger partial charge on any atom is -0.339 e. The van der Waals surface area contributed by atoms with Gasteiger partial charge in [0.1, 0.15) is 23.4 Å². The van der Waals surface area contributed by atoms with E-state index in [1.807, 2.05) is 4.57 Å². The van der Waals surface area contributed by atoms with Crippen LogP contribution >= 0.6 is 0 Å². The van der Waals surface area contributed by atoms with Gasteiger partial charge in [-0.25, -0.2) is 9.37 Å². The second-order valence-electron chi connectivity index (χ2n) is 6.33. The van der Waals surface area contributed by atoms with E-state index in [1.54, 1.807) is 25.3 Å². The average molecular weight is 355 g/mol. The molecule has 1 amide bonds. The Balaban J connectivity index is 1.48. The summed E-state index contributed by atoms with van der Waals surface area (Å²) in [5.74, 6) is 1.03. The lowest BCUT2D eigenvalue weighted by atomic mass is 10.1. The lowest BCUT2D eigenvalue weighted by Crippen LogP contribution is -2.29. The molecule has 3 aromatic rings. The molecule has 1 N–H and O–H groups in total. The molecule has 0 saturated heterocycles. The van der Waals surface area contributed by atoms with E-state index in [2.05, 4.69) is 20.4 Å². The number of nitrogens with one attached hydrogen (secondary N) is 1. The van der Waals surface area contributed by atoms with Gasteiger partial charge in [-0.3, -0.25) is 4.79 Å². The van der Waals surface area contributed by atoms with E-state index in [0.29, 0.717) is 17.1 Å². The molecule has 2 aromatic heterocycles. The summed E-state index contributed by atoms with van der Waals surface area (Å²) in [4.78, 5) is 21.2. The van der Waals surface area contributed by atoms with E-state index in [-0.39, 0.29) is 17.6 Å². The Bertz CT molecular complexity index is 931. The highest BCUT2D eigenvalue weighted by atomic mass is 19.1. The van der Waals surface area contributed by atoms with E-state index in [0.717, 1.165) is 31.6 Å². The normalized spacial score (nSPS) is 14.7. The van der Waals surface area contributed by atoms with Gasteiger partial charge in [-0.1, -0.05) is 5.16 Å². The van der Waals surface area contributed by atoms with Crippen LogP contribution in [0.1, 0.15) is 48.0 Å². The number of fused-ring (bicyclic) bond motifs is 1. The summed E-state index contributed by atoms with van der Waals surface area (Å²) in [6.45, 7) is 2.58. The summed E-state index contributed by atoms with van der Waals surface area (Å²) in [6, 6.07) is 5.36. The SMILES string of the molecule is C[C@@H](NC(=O)c1cnc2n1CCCC2)c1nc(-c2ccc(F)cc2)no1. The number of carbonyl (C=O) groups is 1. The van der Waals surface area contributed by atoms with Gasteiger partial charge in [0.25, 0.3) is 5.91 Å². The first-order valence-electron chi connectivity index (χ1n) is 8.56. The number of nitrogens with zero attached hydrogens (tertiary/aromatic N) is 4. The van der Waals surface area contributed by atoms with Crippen molar-refractivity contribution in [3.63, 3.8) is 0 Å². The van der Waals surface area contributed by atoms with Crippen LogP contribution in [-0.4, -0.2) is 25.6 Å². The molecule has 26 heavy (non-hydrogen) atoms. The van der Waals surface area contributed by atoms with Gasteiger partial charge in [-0.2, -0.15) is 4.98 Å². The number of benzene rings is 1. The molecular formula is C18H18FN5O2. The Morgan fingerprint density at radius 2 is 2.12 bits per heavy atom. The summed E-state index contributed by atoms with van der Waals surface area (Å²) in [6.07, 6.45) is 4.65. The third-order valence-electron chi connectivity index (χ3n) is 4.47. The number of aryl methyl sites for hydroxylation is 1. The van der Waals surface area contributed by atoms with Crippen molar-refractivity contribution in [1.82, 2.24) is 25.0 Å². The van der Waals surface area contributed by atoms with Crippen molar-refractivity contribution < 1.29 is 13.7 Å². The van der Waals surface area contributed by atoms with Gasteiger partial charge >= 0.3 is 0 Å². The maximum atomic E-state index is 13.0. The lowest BCUT2D eigenvalue weighted by molar-refractivity contribution is 0.0922. The zero-order valence-corrected chi connectivity index (χ0v) is 14.3. The van der Waals surface area contributed by atoms with Gasteiger partial charge in [-0.15, -0.1) is 0 Å². The molecule has 7 nitrogen and oxygen atoms in total.